The topological polar surface area (TPSA) is 0 Å². The highest BCUT2D eigenvalue weighted by atomic mass is 19.1. The summed E-state index contributed by atoms with van der Waals surface area (Å²) in [4.78, 5) is 0. The van der Waals surface area contributed by atoms with Crippen molar-refractivity contribution in [2.75, 3.05) is 0 Å². The van der Waals surface area contributed by atoms with Crippen LogP contribution in [0.15, 0.2) is 54.6 Å². The van der Waals surface area contributed by atoms with E-state index in [0.29, 0.717) is 0 Å². The zero-order valence-corrected chi connectivity index (χ0v) is 14.9. The molecule has 0 bridgehead atoms. The van der Waals surface area contributed by atoms with E-state index in [1.165, 1.54) is 23.6 Å². The Labute approximate surface area is 144 Å². The SMILES string of the molecule is C/C=C\C(=C/c1ccccc1C1(C)CC1C)c1ccc(F)cc1C. The molecule has 24 heavy (non-hydrogen) atoms. The molecule has 0 spiro atoms. The van der Waals surface area contributed by atoms with Crippen LogP contribution in [0.1, 0.15) is 49.4 Å². The van der Waals surface area contributed by atoms with Crippen molar-refractivity contribution in [2.45, 2.75) is 39.5 Å². The lowest BCUT2D eigenvalue weighted by molar-refractivity contribution is 0.626. The molecule has 1 heteroatoms. The average molecular weight is 320 g/mol. The monoisotopic (exact) mass is 320 g/mol. The van der Waals surface area contributed by atoms with Gasteiger partial charge in [0.05, 0.1) is 0 Å². The largest absolute Gasteiger partial charge is 0.207 e. The van der Waals surface area contributed by atoms with Gasteiger partial charge in [0, 0.05) is 0 Å². The molecule has 0 aliphatic heterocycles. The van der Waals surface area contributed by atoms with Crippen LogP contribution in [0.4, 0.5) is 4.39 Å². The Kier molecular flexibility index (Phi) is 4.45. The van der Waals surface area contributed by atoms with Crippen LogP contribution in [-0.2, 0) is 5.41 Å². The molecule has 2 aromatic rings. The lowest BCUT2D eigenvalue weighted by atomic mass is 9.89. The lowest BCUT2D eigenvalue weighted by Gasteiger charge is -2.15. The molecule has 0 heterocycles. The van der Waals surface area contributed by atoms with Crippen molar-refractivity contribution in [2.24, 2.45) is 5.92 Å². The number of rotatable bonds is 4. The molecule has 124 valence electrons. The van der Waals surface area contributed by atoms with Gasteiger partial charge in [-0.25, -0.2) is 4.39 Å². The second kappa shape index (κ2) is 6.39. The van der Waals surface area contributed by atoms with Gasteiger partial charge in [0.1, 0.15) is 5.82 Å². The molecule has 0 amide bonds. The molecule has 0 saturated heterocycles. The number of benzene rings is 2. The fraction of sp³-hybridized carbons (Fsp3) is 0.304. The quantitative estimate of drug-likeness (QED) is 0.443. The summed E-state index contributed by atoms with van der Waals surface area (Å²) >= 11 is 0. The molecule has 0 aromatic heterocycles. The van der Waals surface area contributed by atoms with Crippen molar-refractivity contribution in [3.8, 4) is 0 Å². The van der Waals surface area contributed by atoms with E-state index in [0.717, 1.165) is 22.6 Å². The molecule has 1 saturated carbocycles. The fourth-order valence-electron chi connectivity index (χ4n) is 3.61. The molecule has 1 aliphatic rings. The minimum absolute atomic E-state index is 0.184. The summed E-state index contributed by atoms with van der Waals surface area (Å²) in [6.45, 7) is 8.65. The minimum Gasteiger partial charge on any atom is -0.207 e. The summed E-state index contributed by atoms with van der Waals surface area (Å²) in [5.41, 5.74) is 6.13. The van der Waals surface area contributed by atoms with Crippen LogP contribution in [0.5, 0.6) is 0 Å². The van der Waals surface area contributed by atoms with Crippen LogP contribution in [0, 0.1) is 18.7 Å². The molecule has 2 unspecified atom stereocenters. The maximum Gasteiger partial charge on any atom is 0.123 e. The number of aryl methyl sites for hydroxylation is 1. The van der Waals surface area contributed by atoms with E-state index < -0.39 is 0 Å². The Bertz CT molecular complexity index is 813. The third-order valence-electron chi connectivity index (χ3n) is 5.39. The van der Waals surface area contributed by atoms with Crippen molar-refractivity contribution >= 4 is 11.6 Å². The highest BCUT2D eigenvalue weighted by Crippen LogP contribution is 2.54. The Morgan fingerprint density at radius 1 is 1.21 bits per heavy atom. The molecular weight excluding hydrogens is 295 g/mol. The highest BCUT2D eigenvalue weighted by Gasteiger charge is 2.48. The molecule has 0 N–H and O–H groups in total. The summed E-state index contributed by atoms with van der Waals surface area (Å²) in [5.74, 6) is 0.542. The Hall–Kier alpha value is -2.15. The van der Waals surface area contributed by atoms with Crippen molar-refractivity contribution in [3.05, 3.63) is 82.7 Å². The maximum absolute atomic E-state index is 13.5. The molecular formula is C23H25F. The number of hydrogen-bond acceptors (Lipinski definition) is 0. The third-order valence-corrected chi connectivity index (χ3v) is 5.39. The van der Waals surface area contributed by atoms with E-state index in [1.807, 2.05) is 26.0 Å². The zero-order chi connectivity index (χ0) is 17.3. The maximum atomic E-state index is 13.5. The van der Waals surface area contributed by atoms with Gasteiger partial charge in [0.25, 0.3) is 0 Å². The van der Waals surface area contributed by atoms with E-state index in [9.17, 15) is 4.39 Å². The lowest BCUT2D eigenvalue weighted by Crippen LogP contribution is -2.05. The standard InChI is InChI=1S/C23H25F/c1-5-8-18(21-12-11-20(24)13-16(21)2)14-19-9-6-7-10-22(19)23(4)15-17(23)3/h5-14,17H,15H2,1-4H3/b8-5-,18-14+. The Morgan fingerprint density at radius 2 is 1.92 bits per heavy atom. The fourth-order valence-corrected chi connectivity index (χ4v) is 3.61. The number of allylic oxidation sites excluding steroid dienone is 3. The summed E-state index contributed by atoms with van der Waals surface area (Å²) in [7, 11) is 0. The van der Waals surface area contributed by atoms with Crippen LogP contribution in [-0.4, -0.2) is 0 Å². The van der Waals surface area contributed by atoms with E-state index >= 15 is 0 Å². The molecule has 1 fully saturated rings. The molecule has 2 atom stereocenters. The van der Waals surface area contributed by atoms with E-state index in [-0.39, 0.29) is 11.2 Å². The molecule has 0 radical (unpaired) electrons. The smallest absolute Gasteiger partial charge is 0.123 e. The summed E-state index contributed by atoms with van der Waals surface area (Å²) in [6, 6.07) is 13.7. The first kappa shape index (κ1) is 16.7. The Balaban J connectivity index is 2.11. The van der Waals surface area contributed by atoms with Crippen molar-refractivity contribution in [3.63, 3.8) is 0 Å². The first-order chi connectivity index (χ1) is 11.5. The molecule has 0 nitrogen and oxygen atoms in total. The van der Waals surface area contributed by atoms with Gasteiger partial charge in [-0.3, -0.25) is 0 Å². The molecule has 3 rings (SSSR count). The Morgan fingerprint density at radius 3 is 2.54 bits per heavy atom. The zero-order valence-electron chi connectivity index (χ0n) is 14.9. The van der Waals surface area contributed by atoms with Gasteiger partial charge in [0.2, 0.25) is 0 Å². The van der Waals surface area contributed by atoms with Gasteiger partial charge in [-0.2, -0.15) is 0 Å². The second-order valence-electron chi connectivity index (χ2n) is 7.17. The van der Waals surface area contributed by atoms with Crippen LogP contribution in [0.25, 0.3) is 11.6 Å². The van der Waals surface area contributed by atoms with Crippen LogP contribution in [0.3, 0.4) is 0 Å². The summed E-state index contributed by atoms with van der Waals surface area (Å²) < 4.78 is 13.5. The third kappa shape index (κ3) is 3.08. The first-order valence-electron chi connectivity index (χ1n) is 8.66. The average Bonchev–Trinajstić information content (AvgIpc) is 3.16. The van der Waals surface area contributed by atoms with Gasteiger partial charge < -0.3 is 0 Å². The minimum atomic E-state index is -0.184. The van der Waals surface area contributed by atoms with Crippen molar-refractivity contribution in [1.82, 2.24) is 0 Å². The molecule has 1 aliphatic carbocycles. The van der Waals surface area contributed by atoms with E-state index in [1.54, 1.807) is 6.07 Å². The number of halogens is 1. The highest BCUT2D eigenvalue weighted by molar-refractivity contribution is 5.89. The van der Waals surface area contributed by atoms with Gasteiger partial charge in [-0.05, 0) is 77.6 Å². The first-order valence-corrected chi connectivity index (χ1v) is 8.66. The number of hydrogen-bond donors (Lipinski definition) is 0. The van der Waals surface area contributed by atoms with Gasteiger partial charge in [-0.15, -0.1) is 0 Å². The predicted octanol–water partition coefficient (Wildman–Crippen LogP) is 6.55. The normalized spacial score (nSPS) is 23.7. The van der Waals surface area contributed by atoms with Gasteiger partial charge in [-0.1, -0.05) is 56.3 Å². The van der Waals surface area contributed by atoms with E-state index in [2.05, 4.69) is 50.3 Å². The van der Waals surface area contributed by atoms with Crippen LogP contribution < -0.4 is 0 Å². The van der Waals surface area contributed by atoms with Crippen LogP contribution >= 0.6 is 0 Å². The van der Waals surface area contributed by atoms with Crippen molar-refractivity contribution < 1.29 is 4.39 Å². The summed E-state index contributed by atoms with van der Waals surface area (Å²) in [6.07, 6.45) is 7.63. The predicted molar refractivity (Wildman–Crippen MR) is 101 cm³/mol. The van der Waals surface area contributed by atoms with Crippen molar-refractivity contribution in [1.29, 1.82) is 0 Å². The van der Waals surface area contributed by atoms with Gasteiger partial charge >= 0.3 is 0 Å². The van der Waals surface area contributed by atoms with E-state index in [4.69, 9.17) is 0 Å². The van der Waals surface area contributed by atoms with Gasteiger partial charge in [0.15, 0.2) is 0 Å². The van der Waals surface area contributed by atoms with Crippen LogP contribution in [0.2, 0.25) is 0 Å². The second-order valence-corrected chi connectivity index (χ2v) is 7.17. The molecule has 2 aromatic carbocycles. The summed E-state index contributed by atoms with van der Waals surface area (Å²) in [5, 5.41) is 0.